The second kappa shape index (κ2) is 6.04. The van der Waals surface area contributed by atoms with E-state index in [2.05, 4.69) is 10.3 Å². The molecule has 100 valence electrons. The van der Waals surface area contributed by atoms with Gasteiger partial charge in [-0.1, -0.05) is 12.1 Å². The van der Waals surface area contributed by atoms with Crippen molar-refractivity contribution in [3.8, 4) is 0 Å². The summed E-state index contributed by atoms with van der Waals surface area (Å²) in [5.41, 5.74) is 7.78. The van der Waals surface area contributed by atoms with Crippen molar-refractivity contribution in [3.63, 3.8) is 0 Å². The van der Waals surface area contributed by atoms with E-state index >= 15 is 0 Å². The van der Waals surface area contributed by atoms with Gasteiger partial charge in [-0.2, -0.15) is 0 Å². The van der Waals surface area contributed by atoms with Gasteiger partial charge in [0.05, 0.1) is 17.6 Å². The van der Waals surface area contributed by atoms with Crippen LogP contribution in [0, 0.1) is 6.92 Å². The third-order valence-electron chi connectivity index (χ3n) is 2.85. The number of carbonyl (C=O) groups is 1. The first kappa shape index (κ1) is 13.1. The third kappa shape index (κ3) is 3.58. The largest absolute Gasteiger partial charge is 0.398 e. The number of nitrogen functional groups attached to an aromatic ring is 1. The lowest BCUT2D eigenvalue weighted by Crippen LogP contribution is -2.26. The van der Waals surface area contributed by atoms with Crippen LogP contribution >= 0.6 is 0 Å². The molecule has 0 saturated heterocycles. The van der Waals surface area contributed by atoms with E-state index in [1.54, 1.807) is 24.5 Å². The third-order valence-corrected chi connectivity index (χ3v) is 2.85. The molecule has 1 amide bonds. The first-order valence-corrected chi connectivity index (χ1v) is 6.28. The number of anilines is 1. The molecule has 2 rings (SSSR count). The number of para-hydroxylation sites is 1. The number of nitrogens with one attached hydrogen (secondary N) is 1. The predicted octanol–water partition coefficient (Wildman–Crippen LogP) is 1.59. The van der Waals surface area contributed by atoms with Crippen LogP contribution in [0.4, 0.5) is 5.69 Å². The van der Waals surface area contributed by atoms with E-state index < -0.39 is 0 Å². The second-order valence-electron chi connectivity index (χ2n) is 4.45. The molecule has 1 aromatic heterocycles. The molecule has 2 aromatic rings. The van der Waals surface area contributed by atoms with Crippen LogP contribution in [0.25, 0.3) is 0 Å². The summed E-state index contributed by atoms with van der Waals surface area (Å²) in [6.45, 7) is 3.41. The van der Waals surface area contributed by atoms with E-state index in [4.69, 9.17) is 5.73 Å². The topological polar surface area (TPSA) is 72.9 Å². The molecule has 0 fully saturated rings. The number of benzene rings is 1. The molecule has 1 aromatic carbocycles. The zero-order chi connectivity index (χ0) is 13.7. The highest BCUT2D eigenvalue weighted by Gasteiger charge is 2.07. The van der Waals surface area contributed by atoms with Crippen molar-refractivity contribution in [1.29, 1.82) is 0 Å². The summed E-state index contributed by atoms with van der Waals surface area (Å²) in [5.74, 6) is -0.125. The highest BCUT2D eigenvalue weighted by Crippen LogP contribution is 2.09. The van der Waals surface area contributed by atoms with Crippen LogP contribution < -0.4 is 11.1 Å². The molecule has 0 aliphatic rings. The number of rotatable bonds is 5. The first-order valence-electron chi connectivity index (χ1n) is 6.28. The van der Waals surface area contributed by atoms with E-state index in [0.717, 1.165) is 18.7 Å². The number of aromatic nitrogens is 2. The van der Waals surface area contributed by atoms with Crippen LogP contribution in [0.2, 0.25) is 0 Å². The minimum atomic E-state index is -0.125. The summed E-state index contributed by atoms with van der Waals surface area (Å²) >= 11 is 0. The Hall–Kier alpha value is -2.30. The number of carbonyl (C=O) groups excluding carboxylic acids is 1. The van der Waals surface area contributed by atoms with Gasteiger partial charge in [0.25, 0.3) is 5.91 Å². The summed E-state index contributed by atoms with van der Waals surface area (Å²) in [6.07, 6.45) is 4.64. The monoisotopic (exact) mass is 258 g/mol. The molecule has 1 heterocycles. The fourth-order valence-corrected chi connectivity index (χ4v) is 1.86. The molecule has 5 heteroatoms. The Kier molecular flexibility index (Phi) is 4.18. The molecule has 0 saturated carbocycles. The fraction of sp³-hybridized carbons (Fsp3) is 0.286. The van der Waals surface area contributed by atoms with Crippen LogP contribution in [-0.2, 0) is 6.54 Å². The molecule has 0 unspecified atom stereocenters. The van der Waals surface area contributed by atoms with Gasteiger partial charge in [-0.05, 0) is 25.5 Å². The molecule has 0 atom stereocenters. The van der Waals surface area contributed by atoms with Crippen molar-refractivity contribution in [1.82, 2.24) is 14.9 Å². The Morgan fingerprint density at radius 3 is 2.89 bits per heavy atom. The molecule has 5 nitrogen and oxygen atoms in total. The van der Waals surface area contributed by atoms with Crippen molar-refractivity contribution in [3.05, 3.63) is 48.0 Å². The van der Waals surface area contributed by atoms with Crippen molar-refractivity contribution < 1.29 is 4.79 Å². The Labute approximate surface area is 112 Å². The van der Waals surface area contributed by atoms with Gasteiger partial charge in [-0.3, -0.25) is 4.79 Å². The molecular weight excluding hydrogens is 240 g/mol. The Balaban J connectivity index is 1.77. The van der Waals surface area contributed by atoms with E-state index in [1.165, 1.54) is 0 Å². The zero-order valence-corrected chi connectivity index (χ0v) is 11.0. The van der Waals surface area contributed by atoms with Gasteiger partial charge in [0.1, 0.15) is 0 Å². The standard InChI is InChI=1S/C14H18N4O/c1-11-9-18(10-17-11)8-4-7-16-14(19)12-5-2-3-6-13(12)15/h2-3,5-6,9-10H,4,7-8,15H2,1H3,(H,16,19). The molecule has 0 bridgehead atoms. The highest BCUT2D eigenvalue weighted by atomic mass is 16.1. The predicted molar refractivity (Wildman–Crippen MR) is 74.8 cm³/mol. The van der Waals surface area contributed by atoms with Gasteiger partial charge in [0, 0.05) is 25.0 Å². The maximum atomic E-state index is 11.9. The number of hydrogen-bond acceptors (Lipinski definition) is 3. The maximum absolute atomic E-state index is 11.9. The van der Waals surface area contributed by atoms with Gasteiger partial charge in [-0.25, -0.2) is 4.98 Å². The number of imidazole rings is 1. The Bertz CT molecular complexity index is 562. The minimum Gasteiger partial charge on any atom is -0.398 e. The minimum absolute atomic E-state index is 0.125. The molecule has 0 radical (unpaired) electrons. The van der Waals surface area contributed by atoms with Crippen LogP contribution in [0.3, 0.4) is 0 Å². The lowest BCUT2D eigenvalue weighted by molar-refractivity contribution is 0.0953. The van der Waals surface area contributed by atoms with E-state index in [0.29, 0.717) is 17.8 Å². The van der Waals surface area contributed by atoms with Gasteiger partial charge >= 0.3 is 0 Å². The SMILES string of the molecule is Cc1cn(CCCNC(=O)c2ccccc2N)cn1. The van der Waals surface area contributed by atoms with Gasteiger partial charge < -0.3 is 15.6 Å². The maximum Gasteiger partial charge on any atom is 0.253 e. The summed E-state index contributed by atoms with van der Waals surface area (Å²) < 4.78 is 2.01. The number of amides is 1. The summed E-state index contributed by atoms with van der Waals surface area (Å²) in [6, 6.07) is 7.07. The normalized spacial score (nSPS) is 10.4. The van der Waals surface area contributed by atoms with Crippen LogP contribution in [0.5, 0.6) is 0 Å². The average Bonchev–Trinajstić information content (AvgIpc) is 2.81. The van der Waals surface area contributed by atoms with Crippen molar-refractivity contribution >= 4 is 11.6 Å². The number of nitrogens with two attached hydrogens (primary N) is 1. The molecule has 19 heavy (non-hydrogen) atoms. The summed E-state index contributed by atoms with van der Waals surface area (Å²) in [4.78, 5) is 16.0. The molecule has 0 aliphatic heterocycles. The lowest BCUT2D eigenvalue weighted by atomic mass is 10.1. The highest BCUT2D eigenvalue weighted by molar-refractivity contribution is 5.98. The van der Waals surface area contributed by atoms with Crippen molar-refractivity contribution in [2.75, 3.05) is 12.3 Å². The van der Waals surface area contributed by atoms with Gasteiger partial charge in [-0.15, -0.1) is 0 Å². The lowest BCUT2D eigenvalue weighted by Gasteiger charge is -2.07. The van der Waals surface area contributed by atoms with E-state index in [9.17, 15) is 4.79 Å². The Morgan fingerprint density at radius 2 is 2.21 bits per heavy atom. The smallest absolute Gasteiger partial charge is 0.253 e. The van der Waals surface area contributed by atoms with Crippen LogP contribution in [0.15, 0.2) is 36.8 Å². The van der Waals surface area contributed by atoms with E-state index in [1.807, 2.05) is 23.8 Å². The van der Waals surface area contributed by atoms with Crippen LogP contribution in [0.1, 0.15) is 22.5 Å². The van der Waals surface area contributed by atoms with Gasteiger partial charge in [0.15, 0.2) is 0 Å². The first-order chi connectivity index (χ1) is 9.16. The number of nitrogens with zero attached hydrogens (tertiary/aromatic N) is 2. The molecule has 0 spiro atoms. The number of hydrogen-bond donors (Lipinski definition) is 2. The summed E-state index contributed by atoms with van der Waals surface area (Å²) in [7, 11) is 0. The van der Waals surface area contributed by atoms with Gasteiger partial charge in [0.2, 0.25) is 0 Å². The van der Waals surface area contributed by atoms with Crippen molar-refractivity contribution in [2.45, 2.75) is 19.9 Å². The molecule has 3 N–H and O–H groups in total. The fourth-order valence-electron chi connectivity index (χ4n) is 1.86. The Morgan fingerprint density at radius 1 is 1.42 bits per heavy atom. The van der Waals surface area contributed by atoms with Crippen LogP contribution in [-0.4, -0.2) is 22.0 Å². The molecule has 0 aliphatic carbocycles. The van der Waals surface area contributed by atoms with Crippen molar-refractivity contribution in [2.24, 2.45) is 0 Å². The number of aryl methyl sites for hydroxylation is 2. The average molecular weight is 258 g/mol. The second-order valence-corrected chi connectivity index (χ2v) is 4.45. The summed E-state index contributed by atoms with van der Waals surface area (Å²) in [5, 5.41) is 2.86. The zero-order valence-electron chi connectivity index (χ0n) is 11.0. The van der Waals surface area contributed by atoms with E-state index in [-0.39, 0.29) is 5.91 Å². The quantitative estimate of drug-likeness (QED) is 0.632. The molecular formula is C14H18N4O.